The zero-order chi connectivity index (χ0) is 25.5. The van der Waals surface area contributed by atoms with Gasteiger partial charge in [0.2, 0.25) is 0 Å². The molecule has 1 N–H and O–H groups in total. The fourth-order valence-electron chi connectivity index (χ4n) is 6.43. The van der Waals surface area contributed by atoms with Crippen LogP contribution in [0.1, 0.15) is 55.9 Å². The van der Waals surface area contributed by atoms with Gasteiger partial charge in [0, 0.05) is 63.1 Å². The third-order valence-corrected chi connectivity index (χ3v) is 8.56. The van der Waals surface area contributed by atoms with E-state index in [0.29, 0.717) is 18.0 Å². The van der Waals surface area contributed by atoms with Gasteiger partial charge in [-0.2, -0.15) is 0 Å². The standard InChI is InChI=1S/C30H39N5O2/c1-5-6-21(3)34-10-8-25(19-34)35-17-24(18-35)23-15-20(2)29-26(16-23)32-30-28(22(4)37-29)27(7-9-31-30)33-11-13-36-14-12-33/h7,9,15-16,21-22,24-25H,8,10-14,17-19H2,1-4H3,(H,31,32)/t21?,22-,25?/m1/s1. The van der Waals surface area contributed by atoms with Crippen molar-refractivity contribution in [2.24, 2.45) is 0 Å². The summed E-state index contributed by atoms with van der Waals surface area (Å²) in [5, 5.41) is 3.67. The lowest BCUT2D eigenvalue weighted by Crippen LogP contribution is -2.51. The Balaban J connectivity index is 1.19. The number of aryl methyl sites for hydroxylation is 1. The van der Waals surface area contributed by atoms with Crippen molar-refractivity contribution in [1.29, 1.82) is 0 Å². The number of anilines is 3. The molecule has 196 valence electrons. The first-order valence-corrected chi connectivity index (χ1v) is 13.8. The highest BCUT2D eigenvalue weighted by Crippen LogP contribution is 2.45. The van der Waals surface area contributed by atoms with Crippen molar-refractivity contribution in [2.75, 3.05) is 62.7 Å². The number of nitrogens with one attached hydrogen (secondary N) is 1. The first kappa shape index (κ1) is 24.5. The summed E-state index contributed by atoms with van der Waals surface area (Å²) in [4.78, 5) is 12.3. The second kappa shape index (κ2) is 10.2. The van der Waals surface area contributed by atoms with E-state index in [0.717, 1.165) is 75.3 Å². The number of nitrogens with zero attached hydrogens (tertiary/aromatic N) is 4. The number of benzene rings is 1. The summed E-state index contributed by atoms with van der Waals surface area (Å²) in [7, 11) is 0. The summed E-state index contributed by atoms with van der Waals surface area (Å²) in [5.74, 6) is 8.79. The number of ether oxygens (including phenoxy) is 2. The normalized spacial score (nSPS) is 25.0. The molecule has 3 fully saturated rings. The maximum atomic E-state index is 6.60. The van der Waals surface area contributed by atoms with E-state index in [4.69, 9.17) is 14.5 Å². The summed E-state index contributed by atoms with van der Waals surface area (Å²) in [6.07, 6.45) is 3.06. The van der Waals surface area contributed by atoms with E-state index in [1.54, 1.807) is 0 Å². The van der Waals surface area contributed by atoms with Crippen molar-refractivity contribution < 1.29 is 9.47 Å². The average molecular weight is 502 g/mol. The van der Waals surface area contributed by atoms with Gasteiger partial charge in [0.25, 0.3) is 0 Å². The molecule has 4 aliphatic rings. The zero-order valence-corrected chi connectivity index (χ0v) is 22.6. The topological polar surface area (TPSA) is 53.1 Å². The van der Waals surface area contributed by atoms with Crippen LogP contribution in [0.4, 0.5) is 17.2 Å². The maximum Gasteiger partial charge on any atom is 0.146 e. The van der Waals surface area contributed by atoms with E-state index >= 15 is 0 Å². The molecular formula is C30H39N5O2. The van der Waals surface area contributed by atoms with Crippen LogP contribution in [0.3, 0.4) is 0 Å². The minimum absolute atomic E-state index is 0.0934. The Morgan fingerprint density at radius 3 is 2.73 bits per heavy atom. The molecule has 3 atom stereocenters. The summed E-state index contributed by atoms with van der Waals surface area (Å²) < 4.78 is 12.2. The molecule has 7 heteroatoms. The van der Waals surface area contributed by atoms with Crippen molar-refractivity contribution >= 4 is 17.2 Å². The lowest BCUT2D eigenvalue weighted by Gasteiger charge is -2.44. The fraction of sp³-hybridized carbons (Fsp3) is 0.567. The second-order valence-electron chi connectivity index (χ2n) is 10.9. The molecule has 0 bridgehead atoms. The van der Waals surface area contributed by atoms with E-state index in [-0.39, 0.29) is 6.10 Å². The second-order valence-corrected chi connectivity index (χ2v) is 10.9. The van der Waals surface area contributed by atoms with Crippen LogP contribution < -0.4 is 15.0 Å². The SMILES string of the molecule is CC#CC(C)N1CCC(N2CC(c3cc(C)c4c(c3)Nc3nccc(N5CCOCC5)c3[C@@H](C)O4)C2)C1. The van der Waals surface area contributed by atoms with Gasteiger partial charge < -0.3 is 19.7 Å². The van der Waals surface area contributed by atoms with Crippen molar-refractivity contribution in [3.8, 4) is 17.6 Å². The van der Waals surface area contributed by atoms with Gasteiger partial charge >= 0.3 is 0 Å². The molecule has 37 heavy (non-hydrogen) atoms. The van der Waals surface area contributed by atoms with E-state index in [9.17, 15) is 0 Å². The quantitative estimate of drug-likeness (QED) is 0.627. The number of pyridine rings is 1. The van der Waals surface area contributed by atoms with Crippen LogP contribution in [0.25, 0.3) is 0 Å². The number of aromatic nitrogens is 1. The van der Waals surface area contributed by atoms with E-state index in [1.807, 2.05) is 13.1 Å². The summed E-state index contributed by atoms with van der Waals surface area (Å²) in [5.41, 5.74) is 5.93. The minimum atomic E-state index is -0.0934. The van der Waals surface area contributed by atoms with Gasteiger partial charge in [-0.3, -0.25) is 9.80 Å². The van der Waals surface area contributed by atoms with Gasteiger partial charge in [0.1, 0.15) is 17.7 Å². The van der Waals surface area contributed by atoms with E-state index < -0.39 is 0 Å². The Hall–Kier alpha value is -2.79. The number of rotatable bonds is 4. The van der Waals surface area contributed by atoms with Gasteiger partial charge in [-0.05, 0) is 57.4 Å². The molecule has 2 aromatic rings. The maximum absolute atomic E-state index is 6.60. The van der Waals surface area contributed by atoms with Gasteiger partial charge in [-0.25, -0.2) is 4.98 Å². The van der Waals surface area contributed by atoms with Crippen LogP contribution in [-0.2, 0) is 4.74 Å². The third-order valence-electron chi connectivity index (χ3n) is 8.56. The minimum Gasteiger partial charge on any atom is -0.483 e. The molecule has 1 aromatic heterocycles. The molecule has 1 aromatic carbocycles. The number of hydrogen-bond donors (Lipinski definition) is 1. The number of morpholine rings is 1. The van der Waals surface area contributed by atoms with Crippen LogP contribution in [0.15, 0.2) is 24.4 Å². The van der Waals surface area contributed by atoms with Crippen molar-refractivity contribution in [2.45, 2.75) is 58.2 Å². The summed E-state index contributed by atoms with van der Waals surface area (Å²) in [6, 6.07) is 7.75. The summed E-state index contributed by atoms with van der Waals surface area (Å²) in [6.45, 7) is 16.3. The van der Waals surface area contributed by atoms with E-state index in [1.165, 1.54) is 23.2 Å². The smallest absolute Gasteiger partial charge is 0.146 e. The largest absolute Gasteiger partial charge is 0.483 e. The molecule has 6 rings (SSSR count). The molecule has 0 radical (unpaired) electrons. The third kappa shape index (κ3) is 4.67. The van der Waals surface area contributed by atoms with Crippen LogP contribution in [0, 0.1) is 18.8 Å². The van der Waals surface area contributed by atoms with E-state index in [2.05, 4.69) is 70.8 Å². The molecule has 0 aliphatic carbocycles. The predicted octanol–water partition coefficient (Wildman–Crippen LogP) is 4.31. The van der Waals surface area contributed by atoms with Gasteiger partial charge in [0.05, 0.1) is 30.5 Å². The Labute approximate surface area is 221 Å². The first-order valence-electron chi connectivity index (χ1n) is 13.8. The van der Waals surface area contributed by atoms with Crippen molar-refractivity contribution in [1.82, 2.24) is 14.8 Å². The molecule has 7 nitrogen and oxygen atoms in total. The van der Waals surface area contributed by atoms with Crippen molar-refractivity contribution in [3.63, 3.8) is 0 Å². The zero-order valence-electron chi connectivity index (χ0n) is 22.6. The first-order chi connectivity index (χ1) is 18.0. The highest BCUT2D eigenvalue weighted by molar-refractivity contribution is 5.75. The monoisotopic (exact) mass is 501 g/mol. The Bertz CT molecular complexity index is 1210. The van der Waals surface area contributed by atoms with Crippen LogP contribution in [0.2, 0.25) is 0 Å². The molecule has 5 heterocycles. The summed E-state index contributed by atoms with van der Waals surface area (Å²) >= 11 is 0. The Morgan fingerprint density at radius 2 is 1.95 bits per heavy atom. The predicted molar refractivity (Wildman–Crippen MR) is 148 cm³/mol. The number of likely N-dealkylation sites (tertiary alicyclic amines) is 2. The van der Waals surface area contributed by atoms with Crippen LogP contribution in [0.5, 0.6) is 5.75 Å². The van der Waals surface area contributed by atoms with Crippen molar-refractivity contribution in [3.05, 3.63) is 41.1 Å². The fourth-order valence-corrected chi connectivity index (χ4v) is 6.43. The number of hydrogen-bond acceptors (Lipinski definition) is 7. The van der Waals surface area contributed by atoms with Gasteiger partial charge in [-0.1, -0.05) is 12.0 Å². The number of fused-ring (bicyclic) bond motifs is 2. The molecular weight excluding hydrogens is 462 g/mol. The Morgan fingerprint density at radius 1 is 1.14 bits per heavy atom. The average Bonchev–Trinajstić information content (AvgIpc) is 3.30. The lowest BCUT2D eigenvalue weighted by molar-refractivity contribution is 0.0927. The molecule has 3 saturated heterocycles. The highest BCUT2D eigenvalue weighted by Gasteiger charge is 2.38. The molecule has 0 saturated carbocycles. The van der Waals surface area contributed by atoms with Crippen LogP contribution in [-0.4, -0.2) is 79.3 Å². The molecule has 0 amide bonds. The highest BCUT2D eigenvalue weighted by atomic mass is 16.5. The molecule has 4 aliphatic heterocycles. The molecule has 0 spiro atoms. The van der Waals surface area contributed by atoms with Gasteiger partial charge in [-0.15, -0.1) is 5.92 Å². The Kier molecular flexibility index (Phi) is 6.74. The molecule has 2 unspecified atom stereocenters. The lowest BCUT2D eigenvalue weighted by atomic mass is 9.88. The van der Waals surface area contributed by atoms with Gasteiger partial charge in [0.15, 0.2) is 0 Å². The van der Waals surface area contributed by atoms with Crippen LogP contribution >= 0.6 is 0 Å².